The number of nitrogens with zero attached hydrogens (tertiary/aromatic N) is 2. The summed E-state index contributed by atoms with van der Waals surface area (Å²) in [5.41, 5.74) is 3.55. The van der Waals surface area contributed by atoms with Crippen molar-refractivity contribution in [3.63, 3.8) is 0 Å². The highest BCUT2D eigenvalue weighted by atomic mass is 32.2. The fraction of sp³-hybridized carbons (Fsp3) is 0.136. The lowest BCUT2D eigenvalue weighted by Gasteiger charge is -2.18. The second kappa shape index (κ2) is 7.16. The molecule has 25 heavy (non-hydrogen) atoms. The molecule has 0 amide bonds. The third kappa shape index (κ3) is 3.20. The van der Waals surface area contributed by atoms with E-state index in [9.17, 15) is 0 Å². The van der Waals surface area contributed by atoms with Crippen LogP contribution in [0.3, 0.4) is 0 Å². The van der Waals surface area contributed by atoms with Gasteiger partial charge in [-0.15, -0.1) is 11.8 Å². The van der Waals surface area contributed by atoms with Gasteiger partial charge in [0, 0.05) is 11.4 Å². The molecule has 1 atom stereocenters. The molecule has 0 fully saturated rings. The summed E-state index contributed by atoms with van der Waals surface area (Å²) in [5, 5.41) is 0.163. The number of benzene rings is 3. The van der Waals surface area contributed by atoms with Gasteiger partial charge in [-0.3, -0.25) is 0 Å². The van der Waals surface area contributed by atoms with Gasteiger partial charge >= 0.3 is 0 Å². The Morgan fingerprint density at radius 1 is 0.840 bits per heavy atom. The molecular weight excluding hydrogens is 324 g/mol. The topological polar surface area (TPSA) is 17.8 Å². The Bertz CT molecular complexity index is 961. The van der Waals surface area contributed by atoms with Gasteiger partial charge in [-0.1, -0.05) is 60.7 Å². The van der Waals surface area contributed by atoms with Gasteiger partial charge in [-0.25, -0.2) is 4.98 Å². The number of aryl methyl sites for hydroxylation is 1. The van der Waals surface area contributed by atoms with Crippen molar-refractivity contribution in [3.8, 4) is 0 Å². The molecule has 3 heteroatoms. The highest BCUT2D eigenvalue weighted by Crippen LogP contribution is 2.40. The van der Waals surface area contributed by atoms with E-state index in [1.165, 1.54) is 16.0 Å². The lowest BCUT2D eigenvalue weighted by Crippen LogP contribution is -2.07. The minimum atomic E-state index is 0.163. The third-order valence-electron chi connectivity index (χ3n) is 4.33. The van der Waals surface area contributed by atoms with Crippen molar-refractivity contribution in [2.24, 2.45) is 0 Å². The van der Waals surface area contributed by atoms with Crippen molar-refractivity contribution < 1.29 is 0 Å². The van der Waals surface area contributed by atoms with Gasteiger partial charge in [0.15, 0.2) is 0 Å². The SMILES string of the molecule is CCn1c(C(Sc2ccccc2)c2ccccc2)nc2ccccc21. The normalized spacial score (nSPS) is 12.4. The predicted molar refractivity (Wildman–Crippen MR) is 106 cm³/mol. The molecule has 0 N–H and O–H groups in total. The van der Waals surface area contributed by atoms with Crippen LogP contribution in [-0.2, 0) is 6.54 Å². The molecule has 1 aromatic heterocycles. The van der Waals surface area contributed by atoms with E-state index >= 15 is 0 Å². The smallest absolute Gasteiger partial charge is 0.127 e. The first-order valence-corrected chi connectivity index (χ1v) is 9.46. The van der Waals surface area contributed by atoms with Crippen LogP contribution in [-0.4, -0.2) is 9.55 Å². The first-order valence-electron chi connectivity index (χ1n) is 8.58. The Labute approximate surface area is 152 Å². The van der Waals surface area contributed by atoms with Gasteiger partial charge in [0.2, 0.25) is 0 Å². The van der Waals surface area contributed by atoms with E-state index in [0.29, 0.717) is 0 Å². The molecule has 0 bridgehead atoms. The fourth-order valence-electron chi connectivity index (χ4n) is 3.16. The zero-order valence-corrected chi connectivity index (χ0v) is 15.0. The molecule has 4 rings (SSSR count). The van der Waals surface area contributed by atoms with Crippen LogP contribution in [0.1, 0.15) is 23.6 Å². The molecule has 3 aromatic carbocycles. The maximum absolute atomic E-state index is 5.00. The molecule has 0 saturated carbocycles. The number of hydrogen-bond donors (Lipinski definition) is 0. The van der Waals surface area contributed by atoms with Crippen LogP contribution >= 0.6 is 11.8 Å². The number of rotatable bonds is 5. The number of imidazole rings is 1. The predicted octanol–water partition coefficient (Wildman–Crippen LogP) is 5.94. The van der Waals surface area contributed by atoms with Crippen LogP contribution in [0.4, 0.5) is 0 Å². The van der Waals surface area contributed by atoms with E-state index in [1.54, 1.807) is 0 Å². The lowest BCUT2D eigenvalue weighted by molar-refractivity contribution is 0.729. The fourth-order valence-corrected chi connectivity index (χ4v) is 4.32. The van der Waals surface area contributed by atoms with Gasteiger partial charge < -0.3 is 4.57 Å². The van der Waals surface area contributed by atoms with Crippen molar-refractivity contribution in [3.05, 3.63) is 96.3 Å². The van der Waals surface area contributed by atoms with E-state index < -0.39 is 0 Å². The van der Waals surface area contributed by atoms with Crippen molar-refractivity contribution >= 4 is 22.8 Å². The zero-order chi connectivity index (χ0) is 17.1. The third-order valence-corrected chi connectivity index (χ3v) is 5.60. The molecular formula is C22H20N2S. The van der Waals surface area contributed by atoms with Crippen LogP contribution < -0.4 is 0 Å². The lowest BCUT2D eigenvalue weighted by atomic mass is 10.1. The molecule has 1 heterocycles. The Morgan fingerprint density at radius 3 is 2.20 bits per heavy atom. The van der Waals surface area contributed by atoms with Crippen LogP contribution in [0, 0.1) is 0 Å². The van der Waals surface area contributed by atoms with E-state index in [4.69, 9.17) is 4.98 Å². The average Bonchev–Trinajstić information content (AvgIpc) is 3.06. The summed E-state index contributed by atoms with van der Waals surface area (Å²) in [5.74, 6) is 1.11. The molecule has 0 aliphatic rings. The zero-order valence-electron chi connectivity index (χ0n) is 14.2. The molecule has 0 aliphatic heterocycles. The van der Waals surface area contributed by atoms with Gasteiger partial charge in [0.1, 0.15) is 5.82 Å². The van der Waals surface area contributed by atoms with E-state index in [-0.39, 0.29) is 5.25 Å². The van der Waals surface area contributed by atoms with Crippen LogP contribution in [0.5, 0.6) is 0 Å². The van der Waals surface area contributed by atoms with E-state index in [2.05, 4.69) is 96.4 Å². The van der Waals surface area contributed by atoms with Crippen LogP contribution in [0.15, 0.2) is 89.8 Å². The Kier molecular flexibility index (Phi) is 4.57. The molecule has 0 radical (unpaired) electrons. The van der Waals surface area contributed by atoms with E-state index in [1.807, 2.05) is 11.8 Å². The molecule has 124 valence electrons. The number of hydrogen-bond acceptors (Lipinski definition) is 2. The summed E-state index contributed by atoms with van der Waals surface area (Å²) >= 11 is 1.86. The number of fused-ring (bicyclic) bond motifs is 1. The standard InChI is InChI=1S/C22H20N2S/c1-2-24-20-16-10-9-15-19(20)23-22(24)21(17-11-5-3-6-12-17)25-18-13-7-4-8-14-18/h3-16,21H,2H2,1H3. The molecule has 0 saturated heterocycles. The van der Waals surface area contributed by atoms with Gasteiger partial charge in [-0.05, 0) is 36.8 Å². The summed E-state index contributed by atoms with van der Waals surface area (Å²) in [7, 11) is 0. The number of thioether (sulfide) groups is 1. The van der Waals surface area contributed by atoms with Crippen LogP contribution in [0.25, 0.3) is 11.0 Å². The number of aromatic nitrogens is 2. The molecule has 0 aliphatic carbocycles. The van der Waals surface area contributed by atoms with Gasteiger partial charge in [-0.2, -0.15) is 0 Å². The maximum atomic E-state index is 5.00. The summed E-state index contributed by atoms with van der Waals surface area (Å²) in [4.78, 5) is 6.25. The second-order valence-corrected chi connectivity index (χ2v) is 7.10. The molecule has 2 nitrogen and oxygen atoms in total. The first kappa shape index (κ1) is 16.0. The summed E-state index contributed by atoms with van der Waals surface area (Å²) in [6.07, 6.45) is 0. The van der Waals surface area contributed by atoms with Gasteiger partial charge in [0.05, 0.1) is 16.3 Å². The number of para-hydroxylation sites is 2. The van der Waals surface area contributed by atoms with Gasteiger partial charge in [0.25, 0.3) is 0 Å². The minimum absolute atomic E-state index is 0.163. The first-order chi connectivity index (χ1) is 12.4. The maximum Gasteiger partial charge on any atom is 0.127 e. The molecule has 0 spiro atoms. The monoisotopic (exact) mass is 344 g/mol. The largest absolute Gasteiger partial charge is 0.327 e. The summed E-state index contributed by atoms with van der Waals surface area (Å²) in [6.45, 7) is 3.10. The quantitative estimate of drug-likeness (QED) is 0.417. The summed E-state index contributed by atoms with van der Waals surface area (Å²) in [6, 6.07) is 29.6. The van der Waals surface area contributed by atoms with Crippen LogP contribution in [0.2, 0.25) is 0 Å². The highest BCUT2D eigenvalue weighted by Gasteiger charge is 2.22. The van der Waals surface area contributed by atoms with E-state index in [0.717, 1.165) is 17.9 Å². The Hall–Kier alpha value is -2.52. The Balaban J connectivity index is 1.86. The molecule has 1 unspecified atom stereocenters. The second-order valence-electron chi connectivity index (χ2n) is 5.92. The van der Waals surface area contributed by atoms with Crippen molar-refractivity contribution in [2.75, 3.05) is 0 Å². The summed E-state index contributed by atoms with van der Waals surface area (Å²) < 4.78 is 2.34. The average molecular weight is 344 g/mol. The van der Waals surface area contributed by atoms with Crippen molar-refractivity contribution in [1.29, 1.82) is 0 Å². The van der Waals surface area contributed by atoms with Crippen molar-refractivity contribution in [2.45, 2.75) is 23.6 Å². The highest BCUT2D eigenvalue weighted by molar-refractivity contribution is 7.99. The molecule has 4 aromatic rings. The van der Waals surface area contributed by atoms with Crippen molar-refractivity contribution in [1.82, 2.24) is 9.55 Å². The minimum Gasteiger partial charge on any atom is -0.327 e. The Morgan fingerprint density at radius 2 is 1.48 bits per heavy atom.